The van der Waals surface area contributed by atoms with E-state index in [0.717, 1.165) is 9.80 Å². The minimum absolute atomic E-state index is 0.0678. The fraction of sp³-hybridized carbons (Fsp3) is 0.413. The van der Waals surface area contributed by atoms with Gasteiger partial charge in [0.2, 0.25) is 0 Å². The largest absolute Gasteiger partial charge is 0.460 e. The topological polar surface area (TPSA) is 177 Å². The zero-order chi connectivity index (χ0) is 47.9. The monoisotopic (exact) mass is 911 g/mol. The van der Waals surface area contributed by atoms with Crippen LogP contribution in [-0.2, 0) is 35.1 Å². The van der Waals surface area contributed by atoms with E-state index in [1.54, 1.807) is 101 Å². The number of halogens is 6. The maximum absolute atomic E-state index is 13.4. The summed E-state index contributed by atoms with van der Waals surface area (Å²) in [5.41, 5.74) is 8.43. The van der Waals surface area contributed by atoms with E-state index in [1.807, 2.05) is 0 Å². The Balaban J connectivity index is 0.000000250. The fourth-order valence-corrected chi connectivity index (χ4v) is 7.62. The summed E-state index contributed by atoms with van der Waals surface area (Å²) >= 11 is 0. The first-order valence-electron chi connectivity index (χ1n) is 20.8. The number of alkyl halides is 6. The molecular weight excluding hydrogens is 861 g/mol. The average molecular weight is 912 g/mol. The molecule has 4 heterocycles. The number of nitrogens with zero attached hydrogens (tertiary/aromatic N) is 4. The Labute approximate surface area is 372 Å². The summed E-state index contributed by atoms with van der Waals surface area (Å²) in [5.74, 6) is -7.68. The Kier molecular flexibility index (Phi) is 15.6. The number of aryl methyl sites for hydroxylation is 2. The molecular formula is C46H51F6N7O6. The lowest BCUT2D eigenvalue weighted by atomic mass is 9.88. The van der Waals surface area contributed by atoms with Crippen LogP contribution in [0.3, 0.4) is 0 Å². The molecule has 0 radical (unpaired) electrons. The average Bonchev–Trinajstić information content (AvgIpc) is 3.24. The molecule has 2 fully saturated rings. The van der Waals surface area contributed by atoms with Gasteiger partial charge in [0, 0.05) is 13.1 Å². The van der Waals surface area contributed by atoms with Crippen LogP contribution in [-0.4, -0.2) is 80.4 Å². The number of nitrogens with two attached hydrogens (primary N) is 1. The van der Waals surface area contributed by atoms with Gasteiger partial charge in [0.25, 0.3) is 0 Å². The molecule has 2 aliphatic heterocycles. The van der Waals surface area contributed by atoms with E-state index in [4.69, 9.17) is 10.5 Å². The number of esters is 1. The highest BCUT2D eigenvalue weighted by molar-refractivity contribution is 6.40. The van der Waals surface area contributed by atoms with Crippen LogP contribution in [0.1, 0.15) is 86.5 Å². The molecule has 2 aliphatic rings. The van der Waals surface area contributed by atoms with E-state index in [0.29, 0.717) is 27.9 Å². The molecule has 4 N–H and O–H groups in total. The summed E-state index contributed by atoms with van der Waals surface area (Å²) in [7, 11) is 0. The molecule has 0 spiro atoms. The SMILES string of the molecule is Cc1cc(NC(=O)C(=O)N2C[C@@H](C(F)(F)F)CC[C@@H]2c2ccccc2)cnc1CC(=O)OC(C)(C)C.Cc1cc(NC(=O)C(=O)N2C[C@@H](C(F)(F)F)CC[C@@H]2c2ccccc2)cnc1N. The van der Waals surface area contributed by atoms with E-state index >= 15 is 0 Å². The van der Waals surface area contributed by atoms with Gasteiger partial charge in [-0.1, -0.05) is 60.7 Å². The summed E-state index contributed by atoms with van der Waals surface area (Å²) < 4.78 is 85.4. The molecule has 0 aliphatic carbocycles. The standard InChI is InChI=1S/C26H30F3N3O4.C20H21F3N4O2/c1-16-12-19(14-30-20(16)13-22(33)36-25(2,3)4)31-23(34)24(35)32-15-18(26(27,28)29)10-11-21(32)17-8-6-5-7-9-17;1-12-9-15(10-25-17(12)24)26-18(28)19(29)27-11-14(20(21,22)23)7-8-16(27)13-5-3-2-4-6-13/h5-9,12,14,18,21H,10-11,13,15H2,1-4H3,(H,31,34);2-6,9-10,14,16H,7-8,11H2,1H3,(H2,24,25)(H,26,28)/t18-,21+;14-,16+/m00/s1. The Morgan fingerprint density at radius 3 is 1.46 bits per heavy atom. The summed E-state index contributed by atoms with van der Waals surface area (Å²) in [6.07, 6.45) is -6.41. The number of amides is 4. The van der Waals surface area contributed by atoms with Crippen molar-refractivity contribution in [1.29, 1.82) is 0 Å². The summed E-state index contributed by atoms with van der Waals surface area (Å²) in [6, 6.07) is 19.3. The molecule has 4 amide bonds. The van der Waals surface area contributed by atoms with Crippen LogP contribution < -0.4 is 16.4 Å². The number of benzene rings is 2. The number of hydrogen-bond acceptors (Lipinski definition) is 9. The third-order valence-electron chi connectivity index (χ3n) is 10.9. The van der Waals surface area contributed by atoms with Crippen LogP contribution in [0.25, 0.3) is 0 Å². The highest BCUT2D eigenvalue weighted by Crippen LogP contribution is 2.42. The number of ether oxygens (including phenoxy) is 1. The molecule has 65 heavy (non-hydrogen) atoms. The molecule has 2 aromatic heterocycles. The van der Waals surface area contributed by atoms with Crippen molar-refractivity contribution < 1.29 is 55.1 Å². The number of nitrogens with one attached hydrogen (secondary N) is 2. The first kappa shape index (κ1) is 49.5. The van der Waals surface area contributed by atoms with Gasteiger partial charge in [-0.15, -0.1) is 0 Å². The normalized spacial score (nSPS) is 19.0. The van der Waals surface area contributed by atoms with Crippen molar-refractivity contribution in [2.45, 2.75) is 96.8 Å². The van der Waals surface area contributed by atoms with Gasteiger partial charge in [-0.05, 0) is 94.7 Å². The van der Waals surface area contributed by atoms with Crippen LogP contribution in [0.5, 0.6) is 0 Å². The zero-order valence-electron chi connectivity index (χ0n) is 36.4. The van der Waals surface area contributed by atoms with Gasteiger partial charge in [0.1, 0.15) is 11.4 Å². The van der Waals surface area contributed by atoms with Gasteiger partial charge in [-0.3, -0.25) is 29.0 Å². The van der Waals surface area contributed by atoms with E-state index in [-0.39, 0.29) is 49.3 Å². The predicted molar refractivity (Wildman–Crippen MR) is 229 cm³/mol. The molecule has 0 bridgehead atoms. The number of carbonyl (C=O) groups excluding carboxylic acids is 5. The lowest BCUT2D eigenvalue weighted by Crippen LogP contribution is -2.49. The zero-order valence-corrected chi connectivity index (χ0v) is 36.4. The first-order chi connectivity index (χ1) is 30.4. The Morgan fingerprint density at radius 1 is 0.662 bits per heavy atom. The Hall–Kier alpha value is -6.53. The summed E-state index contributed by atoms with van der Waals surface area (Å²) in [4.78, 5) is 73.4. The van der Waals surface area contributed by atoms with Crippen molar-refractivity contribution >= 4 is 46.8 Å². The van der Waals surface area contributed by atoms with Crippen molar-refractivity contribution in [3.8, 4) is 0 Å². The van der Waals surface area contributed by atoms with Crippen molar-refractivity contribution in [2.75, 3.05) is 29.5 Å². The smallest absolute Gasteiger partial charge is 0.393 e. The van der Waals surface area contributed by atoms with Gasteiger partial charge in [0.15, 0.2) is 0 Å². The maximum Gasteiger partial charge on any atom is 0.393 e. The number of nitrogen functional groups attached to an aromatic ring is 1. The van der Waals surface area contributed by atoms with Crippen molar-refractivity contribution in [1.82, 2.24) is 19.8 Å². The number of rotatable bonds is 6. The molecule has 4 aromatic rings. The number of carbonyl (C=O) groups is 5. The minimum Gasteiger partial charge on any atom is -0.460 e. The first-order valence-corrected chi connectivity index (χ1v) is 20.8. The van der Waals surface area contributed by atoms with Crippen LogP contribution in [0.4, 0.5) is 43.5 Å². The van der Waals surface area contributed by atoms with E-state index in [1.165, 1.54) is 18.5 Å². The maximum atomic E-state index is 13.4. The third-order valence-corrected chi connectivity index (χ3v) is 10.9. The lowest BCUT2D eigenvalue weighted by Gasteiger charge is -2.40. The molecule has 348 valence electrons. The Bertz CT molecular complexity index is 2340. The predicted octanol–water partition coefficient (Wildman–Crippen LogP) is 8.21. The number of pyridine rings is 2. The van der Waals surface area contributed by atoms with Gasteiger partial charge in [-0.2, -0.15) is 26.3 Å². The highest BCUT2D eigenvalue weighted by Gasteiger charge is 2.48. The lowest BCUT2D eigenvalue weighted by molar-refractivity contribution is -0.193. The molecule has 19 heteroatoms. The third kappa shape index (κ3) is 13.5. The second kappa shape index (κ2) is 20.5. The van der Waals surface area contributed by atoms with Crippen LogP contribution in [0, 0.1) is 25.7 Å². The van der Waals surface area contributed by atoms with Gasteiger partial charge in [-0.25, -0.2) is 4.98 Å². The molecule has 2 saturated heterocycles. The van der Waals surface area contributed by atoms with Gasteiger partial charge < -0.3 is 30.9 Å². The molecule has 0 saturated carbocycles. The van der Waals surface area contributed by atoms with Gasteiger partial charge in [0.05, 0.1) is 59.8 Å². The van der Waals surface area contributed by atoms with Crippen LogP contribution in [0.2, 0.25) is 0 Å². The number of anilines is 3. The summed E-state index contributed by atoms with van der Waals surface area (Å²) in [5, 5.41) is 4.84. The number of likely N-dealkylation sites (tertiary alicyclic amines) is 2. The van der Waals surface area contributed by atoms with E-state index < -0.39 is 84.6 Å². The molecule has 0 unspecified atom stereocenters. The van der Waals surface area contributed by atoms with Crippen molar-refractivity contribution in [3.63, 3.8) is 0 Å². The van der Waals surface area contributed by atoms with Crippen molar-refractivity contribution in [2.24, 2.45) is 11.8 Å². The van der Waals surface area contributed by atoms with Crippen molar-refractivity contribution in [3.05, 3.63) is 113 Å². The Morgan fingerprint density at radius 2 is 1.08 bits per heavy atom. The van der Waals surface area contributed by atoms with E-state index in [9.17, 15) is 50.3 Å². The van der Waals surface area contributed by atoms with E-state index in [2.05, 4.69) is 20.6 Å². The fourth-order valence-electron chi connectivity index (χ4n) is 7.62. The number of piperidine rings is 2. The second-order valence-corrected chi connectivity index (χ2v) is 17.0. The van der Waals surface area contributed by atoms with Crippen LogP contribution >= 0.6 is 0 Å². The second-order valence-electron chi connectivity index (χ2n) is 17.0. The molecule has 6 rings (SSSR count). The number of aromatic nitrogens is 2. The molecule has 13 nitrogen and oxygen atoms in total. The van der Waals surface area contributed by atoms with Crippen LogP contribution in [0.15, 0.2) is 85.2 Å². The molecule has 4 atom stereocenters. The summed E-state index contributed by atoms with van der Waals surface area (Å²) in [6.45, 7) is 7.47. The number of hydrogen-bond donors (Lipinski definition) is 3. The van der Waals surface area contributed by atoms with Gasteiger partial charge >= 0.3 is 42.0 Å². The highest BCUT2D eigenvalue weighted by atomic mass is 19.4. The minimum atomic E-state index is -4.47. The molecule has 2 aromatic carbocycles. The quantitative estimate of drug-likeness (QED) is 0.0978.